The van der Waals surface area contributed by atoms with Gasteiger partial charge in [-0.2, -0.15) is 0 Å². The lowest BCUT2D eigenvalue weighted by atomic mass is 9.86. The number of hydrogen-bond acceptors (Lipinski definition) is 8. The maximum atomic E-state index is 12.4. The molecule has 37 heavy (non-hydrogen) atoms. The molecule has 1 aromatic heterocycles. The third-order valence-corrected chi connectivity index (χ3v) is 5.87. The van der Waals surface area contributed by atoms with Gasteiger partial charge in [-0.3, -0.25) is 9.59 Å². The fourth-order valence-corrected chi connectivity index (χ4v) is 4.18. The molecule has 0 spiro atoms. The number of aromatic nitrogens is 1. The minimum absolute atomic E-state index is 0.126. The van der Waals surface area contributed by atoms with E-state index in [1.807, 2.05) is 6.07 Å². The highest BCUT2D eigenvalue weighted by molar-refractivity contribution is 5.94. The summed E-state index contributed by atoms with van der Waals surface area (Å²) in [5.41, 5.74) is 1.60. The van der Waals surface area contributed by atoms with Crippen molar-refractivity contribution in [3.63, 3.8) is 0 Å². The van der Waals surface area contributed by atoms with Gasteiger partial charge in [-0.05, 0) is 68.4 Å². The summed E-state index contributed by atoms with van der Waals surface area (Å²) in [5, 5.41) is 3.09. The van der Waals surface area contributed by atoms with E-state index in [1.165, 1.54) is 18.2 Å². The van der Waals surface area contributed by atoms with Gasteiger partial charge in [0, 0.05) is 19.3 Å². The molecule has 0 aliphatic carbocycles. The first-order valence-corrected chi connectivity index (χ1v) is 12.2. The van der Waals surface area contributed by atoms with Crippen LogP contribution in [0.3, 0.4) is 0 Å². The molecular formula is C26H31F3N2O6. The van der Waals surface area contributed by atoms with E-state index in [0.29, 0.717) is 24.4 Å². The summed E-state index contributed by atoms with van der Waals surface area (Å²) in [7, 11) is 0. The second-order valence-corrected chi connectivity index (χ2v) is 8.53. The van der Waals surface area contributed by atoms with E-state index in [-0.39, 0.29) is 44.0 Å². The van der Waals surface area contributed by atoms with Gasteiger partial charge in [-0.1, -0.05) is 18.2 Å². The fraction of sp³-hybridized carbons (Fsp3) is 0.500. The zero-order valence-corrected chi connectivity index (χ0v) is 20.8. The van der Waals surface area contributed by atoms with Crippen LogP contribution in [0, 0.1) is 5.92 Å². The summed E-state index contributed by atoms with van der Waals surface area (Å²) in [6.45, 7) is 4.44. The number of halogens is 3. The molecule has 0 bridgehead atoms. The van der Waals surface area contributed by atoms with Crippen LogP contribution in [0.15, 0.2) is 42.6 Å². The van der Waals surface area contributed by atoms with Gasteiger partial charge >= 0.3 is 18.3 Å². The van der Waals surface area contributed by atoms with E-state index in [2.05, 4.69) is 15.0 Å². The number of esters is 2. The number of hydrogen-bond donors (Lipinski definition) is 1. The van der Waals surface area contributed by atoms with E-state index >= 15 is 0 Å². The van der Waals surface area contributed by atoms with Gasteiger partial charge in [0.05, 0.1) is 19.3 Å². The molecule has 11 heteroatoms. The molecule has 1 aromatic carbocycles. The van der Waals surface area contributed by atoms with Gasteiger partial charge in [-0.25, -0.2) is 4.98 Å². The Morgan fingerprint density at radius 1 is 1.14 bits per heavy atom. The number of rotatable bonds is 11. The van der Waals surface area contributed by atoms with Gasteiger partial charge in [-0.15, -0.1) is 13.2 Å². The Bertz CT molecular complexity index is 1010. The second kappa shape index (κ2) is 13.3. The Morgan fingerprint density at radius 3 is 2.49 bits per heavy atom. The van der Waals surface area contributed by atoms with Crippen LogP contribution < -0.4 is 10.1 Å². The molecule has 0 radical (unpaired) electrons. The number of alkyl halides is 3. The lowest BCUT2D eigenvalue weighted by molar-refractivity contribution is -0.274. The molecule has 1 fully saturated rings. The molecule has 1 N–H and O–H groups in total. The van der Waals surface area contributed by atoms with E-state index in [0.717, 1.165) is 12.0 Å². The number of anilines is 1. The molecule has 1 aliphatic heterocycles. The fourth-order valence-electron chi connectivity index (χ4n) is 4.18. The molecule has 8 nitrogen and oxygen atoms in total. The maximum absolute atomic E-state index is 12.4. The second-order valence-electron chi connectivity index (χ2n) is 8.53. The van der Waals surface area contributed by atoms with Crippen LogP contribution in [0.4, 0.5) is 19.0 Å². The summed E-state index contributed by atoms with van der Waals surface area (Å²) in [6, 6.07) is 9.47. The zero-order chi connectivity index (χ0) is 26.8. The SMILES string of the molecule is CCOC(=O)C(C[C@H]1C[C@@H](c2ccc(NCc3cccc(OC(F)(F)F)c3)nc2)CCO1)C(=O)OCC. The number of carbonyl (C=O) groups is 2. The van der Waals surface area contributed by atoms with Crippen LogP contribution in [0.2, 0.25) is 0 Å². The third kappa shape index (κ3) is 8.92. The first kappa shape index (κ1) is 28.2. The Labute approximate surface area is 213 Å². The van der Waals surface area contributed by atoms with E-state index < -0.39 is 24.2 Å². The Kier molecular flexibility index (Phi) is 10.1. The van der Waals surface area contributed by atoms with Crippen LogP contribution in [0.25, 0.3) is 0 Å². The van der Waals surface area contributed by atoms with Gasteiger partial charge in [0.1, 0.15) is 11.6 Å². The number of pyridine rings is 1. The molecule has 0 saturated carbocycles. The van der Waals surface area contributed by atoms with Crippen molar-refractivity contribution in [2.45, 2.75) is 58.0 Å². The van der Waals surface area contributed by atoms with Gasteiger partial charge in [0.25, 0.3) is 0 Å². The van der Waals surface area contributed by atoms with Gasteiger partial charge in [0.2, 0.25) is 0 Å². The van der Waals surface area contributed by atoms with Gasteiger partial charge < -0.3 is 24.3 Å². The molecular weight excluding hydrogens is 493 g/mol. The largest absolute Gasteiger partial charge is 0.573 e. The van der Waals surface area contributed by atoms with Crippen molar-refractivity contribution in [1.29, 1.82) is 0 Å². The highest BCUT2D eigenvalue weighted by Gasteiger charge is 2.35. The number of nitrogens with one attached hydrogen (secondary N) is 1. The van der Waals surface area contributed by atoms with Crippen LogP contribution >= 0.6 is 0 Å². The van der Waals surface area contributed by atoms with Crippen LogP contribution in [-0.4, -0.2) is 49.2 Å². The van der Waals surface area contributed by atoms with Crippen LogP contribution in [0.5, 0.6) is 5.75 Å². The summed E-state index contributed by atoms with van der Waals surface area (Å²) in [5.74, 6) is -1.84. The minimum Gasteiger partial charge on any atom is -0.465 e. The average Bonchev–Trinajstić information content (AvgIpc) is 2.86. The minimum atomic E-state index is -4.74. The topological polar surface area (TPSA) is 96.0 Å². The van der Waals surface area contributed by atoms with Crippen molar-refractivity contribution < 1.29 is 41.7 Å². The molecule has 0 unspecified atom stereocenters. The average molecular weight is 525 g/mol. The predicted octanol–water partition coefficient (Wildman–Crippen LogP) is 4.99. The highest BCUT2D eigenvalue weighted by Crippen LogP contribution is 2.33. The molecule has 0 amide bonds. The van der Waals surface area contributed by atoms with Crippen molar-refractivity contribution in [2.24, 2.45) is 5.92 Å². The van der Waals surface area contributed by atoms with Crippen molar-refractivity contribution in [1.82, 2.24) is 4.98 Å². The molecule has 1 saturated heterocycles. The van der Waals surface area contributed by atoms with Crippen LogP contribution in [-0.2, 0) is 30.3 Å². The normalized spacial score (nSPS) is 17.8. The smallest absolute Gasteiger partial charge is 0.465 e. The molecule has 2 heterocycles. The Hall–Kier alpha value is -3.34. The predicted molar refractivity (Wildman–Crippen MR) is 128 cm³/mol. The van der Waals surface area contributed by atoms with E-state index in [4.69, 9.17) is 14.2 Å². The lowest BCUT2D eigenvalue weighted by Gasteiger charge is -2.31. The third-order valence-electron chi connectivity index (χ3n) is 5.87. The summed E-state index contributed by atoms with van der Waals surface area (Å²) in [6.07, 6.45) is -1.77. The Morgan fingerprint density at radius 2 is 1.86 bits per heavy atom. The maximum Gasteiger partial charge on any atom is 0.573 e. The monoisotopic (exact) mass is 524 g/mol. The van der Waals surface area contributed by atoms with Gasteiger partial charge in [0.15, 0.2) is 5.92 Å². The number of carbonyl (C=O) groups excluding carboxylic acids is 2. The van der Waals surface area contributed by atoms with Crippen molar-refractivity contribution >= 4 is 17.8 Å². The lowest BCUT2D eigenvalue weighted by Crippen LogP contribution is -2.35. The van der Waals surface area contributed by atoms with Crippen molar-refractivity contribution in [3.8, 4) is 5.75 Å². The molecule has 3 rings (SSSR count). The standard InChI is InChI=1S/C26H31F3N2O6/c1-3-34-24(32)22(25(33)35-4-2)14-21-13-18(10-11-36-21)19-8-9-23(31-16-19)30-15-17-6-5-7-20(12-17)37-26(27,28)29/h5-9,12,16,18,21-22H,3-4,10-11,13-15H2,1-2H3,(H,30,31)/t18-,21+/m0/s1. The molecule has 2 atom stereocenters. The number of nitrogens with zero attached hydrogens (tertiary/aromatic N) is 1. The van der Waals surface area contributed by atoms with E-state index in [1.54, 1.807) is 32.2 Å². The quantitative estimate of drug-likeness (QED) is 0.325. The summed E-state index contributed by atoms with van der Waals surface area (Å²) >= 11 is 0. The first-order valence-electron chi connectivity index (χ1n) is 12.2. The zero-order valence-electron chi connectivity index (χ0n) is 20.8. The summed E-state index contributed by atoms with van der Waals surface area (Å²) in [4.78, 5) is 29.1. The summed E-state index contributed by atoms with van der Waals surface area (Å²) < 4.78 is 57.2. The first-order chi connectivity index (χ1) is 17.7. The van der Waals surface area contributed by atoms with Crippen molar-refractivity contribution in [3.05, 3.63) is 53.7 Å². The Balaban J connectivity index is 1.57. The van der Waals surface area contributed by atoms with Crippen LogP contribution in [0.1, 0.15) is 50.2 Å². The molecule has 1 aliphatic rings. The van der Waals surface area contributed by atoms with Crippen molar-refractivity contribution in [2.75, 3.05) is 25.1 Å². The molecule has 202 valence electrons. The molecule has 2 aromatic rings. The van der Waals surface area contributed by atoms with E-state index in [9.17, 15) is 22.8 Å². The number of ether oxygens (including phenoxy) is 4. The number of benzene rings is 1. The highest BCUT2D eigenvalue weighted by atomic mass is 19.4.